The van der Waals surface area contributed by atoms with Crippen LogP contribution in [0, 0.1) is 13.8 Å². The van der Waals surface area contributed by atoms with Crippen molar-refractivity contribution in [2.24, 2.45) is 0 Å². The second kappa shape index (κ2) is 8.20. The number of hydrogen-bond donors (Lipinski definition) is 2. The van der Waals surface area contributed by atoms with E-state index in [9.17, 15) is 13.2 Å². The Morgan fingerprint density at radius 3 is 2.35 bits per heavy atom. The summed E-state index contributed by atoms with van der Waals surface area (Å²) in [5.74, 6) is 0.129. The number of benzene rings is 2. The quantitative estimate of drug-likeness (QED) is 0.771. The first kappa shape index (κ1) is 19.7. The number of hydrogen-bond acceptors (Lipinski definition) is 5. The summed E-state index contributed by atoms with van der Waals surface area (Å²) >= 11 is 0. The SMILES string of the molecule is COc1ccc(S(=O)(=O)NCC(=O)Nc2ccc(C)c(C)c2)c(OC)c1. The molecule has 0 unspecified atom stereocenters. The molecular formula is C18H22N2O5S. The molecule has 0 atom stereocenters. The number of anilines is 1. The van der Waals surface area contributed by atoms with E-state index in [1.54, 1.807) is 6.07 Å². The zero-order chi connectivity index (χ0) is 19.3. The van der Waals surface area contributed by atoms with E-state index in [1.165, 1.54) is 32.4 Å². The third-order valence-electron chi connectivity index (χ3n) is 3.87. The summed E-state index contributed by atoms with van der Waals surface area (Å²) in [6.45, 7) is 3.51. The van der Waals surface area contributed by atoms with Crippen LogP contribution in [0.2, 0.25) is 0 Å². The summed E-state index contributed by atoms with van der Waals surface area (Å²) < 4.78 is 37.3. The van der Waals surface area contributed by atoms with Crippen molar-refractivity contribution in [3.8, 4) is 11.5 Å². The number of sulfonamides is 1. The summed E-state index contributed by atoms with van der Waals surface area (Å²) in [5, 5.41) is 2.66. The van der Waals surface area contributed by atoms with Crippen molar-refractivity contribution in [1.82, 2.24) is 4.72 Å². The maximum atomic E-state index is 12.5. The van der Waals surface area contributed by atoms with Gasteiger partial charge < -0.3 is 14.8 Å². The van der Waals surface area contributed by atoms with Gasteiger partial charge >= 0.3 is 0 Å². The fourth-order valence-corrected chi connectivity index (χ4v) is 3.39. The number of carbonyl (C=O) groups is 1. The smallest absolute Gasteiger partial charge is 0.244 e. The highest BCUT2D eigenvalue weighted by Gasteiger charge is 2.21. The molecule has 26 heavy (non-hydrogen) atoms. The van der Waals surface area contributed by atoms with Gasteiger partial charge in [0.1, 0.15) is 16.4 Å². The molecule has 7 nitrogen and oxygen atoms in total. The van der Waals surface area contributed by atoms with Gasteiger partial charge in [0.05, 0.1) is 20.8 Å². The van der Waals surface area contributed by atoms with E-state index >= 15 is 0 Å². The predicted octanol–water partition coefficient (Wildman–Crippen LogP) is 2.24. The van der Waals surface area contributed by atoms with Crippen LogP contribution < -0.4 is 19.5 Å². The van der Waals surface area contributed by atoms with E-state index in [-0.39, 0.29) is 10.6 Å². The summed E-state index contributed by atoms with van der Waals surface area (Å²) in [6.07, 6.45) is 0. The minimum Gasteiger partial charge on any atom is -0.497 e. The Bertz CT molecular complexity index is 910. The average Bonchev–Trinajstić information content (AvgIpc) is 2.62. The third-order valence-corrected chi connectivity index (χ3v) is 5.31. The summed E-state index contributed by atoms with van der Waals surface area (Å²) in [6, 6.07) is 9.81. The highest BCUT2D eigenvalue weighted by molar-refractivity contribution is 7.89. The molecule has 0 fully saturated rings. The number of rotatable bonds is 7. The van der Waals surface area contributed by atoms with Gasteiger partial charge in [-0.1, -0.05) is 6.07 Å². The van der Waals surface area contributed by atoms with Gasteiger partial charge in [-0.15, -0.1) is 0 Å². The Hall–Kier alpha value is -2.58. The highest BCUT2D eigenvalue weighted by Crippen LogP contribution is 2.28. The number of aryl methyl sites for hydroxylation is 2. The lowest BCUT2D eigenvalue weighted by atomic mass is 10.1. The first-order chi connectivity index (χ1) is 12.3. The fraction of sp³-hybridized carbons (Fsp3) is 0.278. The fourth-order valence-electron chi connectivity index (χ4n) is 2.26. The number of carbonyl (C=O) groups excluding carboxylic acids is 1. The Balaban J connectivity index is 2.07. The standard InChI is InChI=1S/C18H22N2O5S/c1-12-5-6-14(9-13(12)2)20-18(21)11-19-26(22,23)17-8-7-15(24-3)10-16(17)25-4/h5-10,19H,11H2,1-4H3,(H,20,21). The van der Waals surface area contributed by atoms with Gasteiger partial charge in [-0.3, -0.25) is 4.79 Å². The van der Waals surface area contributed by atoms with Crippen LogP contribution in [0.4, 0.5) is 5.69 Å². The largest absolute Gasteiger partial charge is 0.497 e. The predicted molar refractivity (Wildman–Crippen MR) is 99.3 cm³/mol. The van der Waals surface area contributed by atoms with Crippen LogP contribution in [0.3, 0.4) is 0 Å². The van der Waals surface area contributed by atoms with E-state index in [0.29, 0.717) is 11.4 Å². The normalized spacial score (nSPS) is 11.1. The van der Waals surface area contributed by atoms with Crippen molar-refractivity contribution < 1.29 is 22.7 Å². The molecule has 2 aromatic rings. The Morgan fingerprint density at radius 2 is 1.73 bits per heavy atom. The van der Waals surface area contributed by atoms with Gasteiger partial charge in [0.25, 0.3) is 0 Å². The van der Waals surface area contributed by atoms with E-state index in [2.05, 4.69) is 10.0 Å². The molecule has 0 saturated carbocycles. The van der Waals surface area contributed by atoms with Gasteiger partial charge in [-0.2, -0.15) is 0 Å². The molecule has 0 aliphatic rings. The molecule has 0 saturated heterocycles. The van der Waals surface area contributed by atoms with Crippen molar-refractivity contribution in [2.75, 3.05) is 26.1 Å². The number of ether oxygens (including phenoxy) is 2. The van der Waals surface area contributed by atoms with Gasteiger partial charge in [-0.05, 0) is 49.2 Å². The number of amides is 1. The second-order valence-electron chi connectivity index (χ2n) is 5.69. The van der Waals surface area contributed by atoms with Crippen LogP contribution in [-0.2, 0) is 14.8 Å². The molecule has 0 aliphatic carbocycles. The molecule has 2 aromatic carbocycles. The molecule has 0 spiro atoms. The van der Waals surface area contributed by atoms with Crippen LogP contribution in [0.25, 0.3) is 0 Å². The summed E-state index contributed by atoms with van der Waals surface area (Å²) in [4.78, 5) is 12.0. The van der Waals surface area contributed by atoms with Crippen LogP contribution in [0.1, 0.15) is 11.1 Å². The Labute approximate surface area is 153 Å². The second-order valence-corrected chi connectivity index (χ2v) is 7.42. The van der Waals surface area contributed by atoms with Crippen LogP contribution in [0.15, 0.2) is 41.3 Å². The highest BCUT2D eigenvalue weighted by atomic mass is 32.2. The maximum absolute atomic E-state index is 12.5. The molecule has 140 valence electrons. The van der Waals surface area contributed by atoms with E-state index in [4.69, 9.17) is 9.47 Å². The molecule has 0 aromatic heterocycles. The van der Waals surface area contributed by atoms with E-state index < -0.39 is 22.5 Å². The molecule has 0 bridgehead atoms. The van der Waals surface area contributed by atoms with Crippen LogP contribution >= 0.6 is 0 Å². The first-order valence-corrected chi connectivity index (χ1v) is 9.34. The minimum atomic E-state index is -3.92. The monoisotopic (exact) mass is 378 g/mol. The lowest BCUT2D eigenvalue weighted by Gasteiger charge is -2.12. The zero-order valence-corrected chi connectivity index (χ0v) is 15.9. The van der Waals surface area contributed by atoms with Gasteiger partial charge in [0.2, 0.25) is 15.9 Å². The van der Waals surface area contributed by atoms with Crippen LogP contribution in [-0.4, -0.2) is 35.1 Å². The molecule has 0 aliphatic heterocycles. The summed E-state index contributed by atoms with van der Waals surface area (Å²) in [5.41, 5.74) is 2.75. The number of nitrogens with one attached hydrogen (secondary N) is 2. The molecule has 2 rings (SSSR count). The van der Waals surface area contributed by atoms with Crippen molar-refractivity contribution in [3.05, 3.63) is 47.5 Å². The van der Waals surface area contributed by atoms with Gasteiger partial charge in [-0.25, -0.2) is 13.1 Å². The van der Waals surface area contributed by atoms with E-state index in [0.717, 1.165) is 11.1 Å². The molecule has 1 amide bonds. The Kier molecular flexibility index (Phi) is 6.23. The van der Waals surface area contributed by atoms with Gasteiger partial charge in [0.15, 0.2) is 0 Å². The minimum absolute atomic E-state index is 0.0696. The lowest BCUT2D eigenvalue weighted by molar-refractivity contribution is -0.115. The molecule has 8 heteroatoms. The maximum Gasteiger partial charge on any atom is 0.244 e. The summed E-state index contributed by atoms with van der Waals surface area (Å²) in [7, 11) is -1.09. The Morgan fingerprint density at radius 1 is 1.00 bits per heavy atom. The van der Waals surface area contributed by atoms with Crippen molar-refractivity contribution in [3.63, 3.8) is 0 Å². The van der Waals surface area contributed by atoms with Crippen LogP contribution in [0.5, 0.6) is 11.5 Å². The molecule has 2 N–H and O–H groups in total. The lowest BCUT2D eigenvalue weighted by Crippen LogP contribution is -2.33. The third kappa shape index (κ3) is 4.74. The topological polar surface area (TPSA) is 93.7 Å². The molecular weight excluding hydrogens is 356 g/mol. The van der Waals surface area contributed by atoms with Crippen molar-refractivity contribution >= 4 is 21.6 Å². The molecule has 0 radical (unpaired) electrons. The number of methoxy groups -OCH3 is 2. The zero-order valence-electron chi connectivity index (χ0n) is 15.1. The van der Waals surface area contributed by atoms with Gasteiger partial charge in [0, 0.05) is 11.8 Å². The molecule has 0 heterocycles. The van der Waals surface area contributed by atoms with E-state index in [1.807, 2.05) is 26.0 Å². The van der Waals surface area contributed by atoms with Crippen molar-refractivity contribution in [1.29, 1.82) is 0 Å². The van der Waals surface area contributed by atoms with Crippen molar-refractivity contribution in [2.45, 2.75) is 18.7 Å². The first-order valence-electron chi connectivity index (χ1n) is 7.85. The average molecular weight is 378 g/mol.